The molecule has 1 N–H and O–H groups in total. The van der Waals surface area contributed by atoms with Crippen LogP contribution in [0.3, 0.4) is 0 Å². The van der Waals surface area contributed by atoms with Crippen LogP contribution >= 0.6 is 0 Å². The minimum absolute atomic E-state index is 0.197. The van der Waals surface area contributed by atoms with Gasteiger partial charge >= 0.3 is 5.97 Å². The van der Waals surface area contributed by atoms with Gasteiger partial charge in [0.2, 0.25) is 0 Å². The molecule has 1 unspecified atom stereocenters. The van der Waals surface area contributed by atoms with Crippen molar-refractivity contribution in [1.29, 1.82) is 0 Å². The van der Waals surface area contributed by atoms with Gasteiger partial charge in [0.05, 0.1) is 5.92 Å². The summed E-state index contributed by atoms with van der Waals surface area (Å²) in [6.45, 7) is 13.9. The van der Waals surface area contributed by atoms with E-state index in [0.29, 0.717) is 6.42 Å². The highest BCUT2D eigenvalue weighted by Crippen LogP contribution is 2.23. The standard InChI is InChI=1S/C31H60O2/c1-7-8-9-10-11-12-13-23-30(31(32)33)25-24-29(6)22-16-21-28(5)20-15-19-27(4)18-14-17-26(2)3/h24,26-28,30H,7-23,25H2,1-6H3,(H,32,33)/b29-24+/t27-,28-,30?/m1/s1. The number of carbonyl (C=O) groups is 1. The van der Waals surface area contributed by atoms with Crippen LogP contribution in [0.5, 0.6) is 0 Å². The number of carboxylic acids is 1. The number of unbranched alkanes of at least 4 members (excludes halogenated alkanes) is 6. The van der Waals surface area contributed by atoms with Gasteiger partial charge in [0, 0.05) is 0 Å². The van der Waals surface area contributed by atoms with E-state index in [9.17, 15) is 9.90 Å². The molecular weight excluding hydrogens is 404 g/mol. The lowest BCUT2D eigenvalue weighted by molar-refractivity contribution is -0.141. The van der Waals surface area contributed by atoms with E-state index in [1.807, 2.05) is 0 Å². The molecule has 0 aromatic heterocycles. The van der Waals surface area contributed by atoms with Gasteiger partial charge in [0.15, 0.2) is 0 Å². The average molecular weight is 465 g/mol. The second-order valence-corrected chi connectivity index (χ2v) is 11.6. The minimum Gasteiger partial charge on any atom is -0.481 e. The van der Waals surface area contributed by atoms with E-state index in [1.165, 1.54) is 95.5 Å². The minimum atomic E-state index is -0.614. The van der Waals surface area contributed by atoms with Crippen LogP contribution in [-0.4, -0.2) is 11.1 Å². The SMILES string of the molecule is CCCCCCCCCC(C/C=C(\C)CCC[C@H](C)CCC[C@H](C)CCCC(C)C)C(=O)O. The lowest BCUT2D eigenvalue weighted by atomic mass is 9.91. The van der Waals surface area contributed by atoms with Crippen molar-refractivity contribution in [1.82, 2.24) is 0 Å². The first-order valence-corrected chi connectivity index (χ1v) is 14.6. The predicted octanol–water partition coefficient (Wildman–Crippen LogP) is 10.6. The van der Waals surface area contributed by atoms with E-state index in [2.05, 4.69) is 47.6 Å². The summed E-state index contributed by atoms with van der Waals surface area (Å²) in [6, 6.07) is 0. The zero-order valence-corrected chi connectivity index (χ0v) is 23.5. The second-order valence-electron chi connectivity index (χ2n) is 11.6. The Morgan fingerprint density at radius 1 is 0.697 bits per heavy atom. The van der Waals surface area contributed by atoms with Gasteiger partial charge in [0.25, 0.3) is 0 Å². The third-order valence-electron chi connectivity index (χ3n) is 7.40. The van der Waals surface area contributed by atoms with Crippen LogP contribution in [0.2, 0.25) is 0 Å². The van der Waals surface area contributed by atoms with Gasteiger partial charge in [0.1, 0.15) is 0 Å². The van der Waals surface area contributed by atoms with Crippen molar-refractivity contribution in [3.05, 3.63) is 11.6 Å². The van der Waals surface area contributed by atoms with Crippen molar-refractivity contribution in [2.75, 3.05) is 0 Å². The molecule has 0 aliphatic carbocycles. The molecular formula is C31H60O2. The number of hydrogen-bond donors (Lipinski definition) is 1. The molecule has 0 saturated heterocycles. The summed E-state index contributed by atoms with van der Waals surface area (Å²) in [5.74, 6) is 1.72. The zero-order chi connectivity index (χ0) is 24.9. The molecule has 0 rings (SSSR count). The van der Waals surface area contributed by atoms with Crippen molar-refractivity contribution >= 4 is 5.97 Å². The maximum atomic E-state index is 11.6. The van der Waals surface area contributed by atoms with E-state index in [1.54, 1.807) is 0 Å². The summed E-state index contributed by atoms with van der Waals surface area (Å²) in [5, 5.41) is 9.57. The largest absolute Gasteiger partial charge is 0.481 e. The Kier molecular flexibility index (Phi) is 21.2. The van der Waals surface area contributed by atoms with Gasteiger partial charge in [-0.3, -0.25) is 4.79 Å². The normalized spacial score (nSPS) is 15.1. The fourth-order valence-corrected chi connectivity index (χ4v) is 4.84. The van der Waals surface area contributed by atoms with Gasteiger partial charge in [-0.2, -0.15) is 0 Å². The number of rotatable bonds is 23. The van der Waals surface area contributed by atoms with Crippen LogP contribution < -0.4 is 0 Å². The van der Waals surface area contributed by atoms with Crippen LogP contribution in [0.4, 0.5) is 0 Å². The molecule has 33 heavy (non-hydrogen) atoms. The van der Waals surface area contributed by atoms with Crippen LogP contribution in [0.15, 0.2) is 11.6 Å². The Morgan fingerprint density at radius 3 is 1.76 bits per heavy atom. The monoisotopic (exact) mass is 464 g/mol. The third-order valence-corrected chi connectivity index (χ3v) is 7.40. The second kappa shape index (κ2) is 21.7. The van der Waals surface area contributed by atoms with Crippen molar-refractivity contribution in [2.24, 2.45) is 23.7 Å². The van der Waals surface area contributed by atoms with Crippen LogP contribution in [-0.2, 0) is 4.79 Å². The molecule has 0 heterocycles. The molecule has 0 spiro atoms. The topological polar surface area (TPSA) is 37.3 Å². The number of carboxylic acid groups (broad SMARTS) is 1. The lowest BCUT2D eigenvalue weighted by Gasteiger charge is -2.15. The van der Waals surface area contributed by atoms with Gasteiger partial charge in [-0.05, 0) is 50.4 Å². The van der Waals surface area contributed by atoms with Crippen LogP contribution in [0, 0.1) is 23.7 Å². The maximum absolute atomic E-state index is 11.6. The Balaban J connectivity index is 3.93. The van der Waals surface area contributed by atoms with Gasteiger partial charge in [-0.1, -0.05) is 136 Å². The van der Waals surface area contributed by atoms with Crippen molar-refractivity contribution in [3.8, 4) is 0 Å². The molecule has 0 saturated carbocycles. The van der Waals surface area contributed by atoms with E-state index >= 15 is 0 Å². The highest BCUT2D eigenvalue weighted by molar-refractivity contribution is 5.70. The van der Waals surface area contributed by atoms with Crippen LogP contribution in [0.25, 0.3) is 0 Å². The van der Waals surface area contributed by atoms with Crippen molar-refractivity contribution in [2.45, 2.75) is 157 Å². The van der Waals surface area contributed by atoms with Crippen molar-refractivity contribution in [3.63, 3.8) is 0 Å². The summed E-state index contributed by atoms with van der Waals surface area (Å²) in [4.78, 5) is 11.6. The first-order chi connectivity index (χ1) is 15.8. The first-order valence-electron chi connectivity index (χ1n) is 14.6. The van der Waals surface area contributed by atoms with E-state index in [4.69, 9.17) is 0 Å². The highest BCUT2D eigenvalue weighted by atomic mass is 16.4. The molecule has 196 valence electrons. The summed E-state index contributed by atoms with van der Waals surface area (Å²) in [7, 11) is 0. The molecule has 0 radical (unpaired) electrons. The summed E-state index contributed by atoms with van der Waals surface area (Å²) in [6.07, 6.45) is 24.4. The molecule has 0 amide bonds. The van der Waals surface area contributed by atoms with Gasteiger partial charge in [-0.15, -0.1) is 0 Å². The lowest BCUT2D eigenvalue weighted by Crippen LogP contribution is -2.13. The molecule has 2 heteroatoms. The predicted molar refractivity (Wildman–Crippen MR) is 147 cm³/mol. The molecule has 0 fully saturated rings. The average Bonchev–Trinajstić information content (AvgIpc) is 2.74. The van der Waals surface area contributed by atoms with Crippen LogP contribution in [0.1, 0.15) is 157 Å². The Bertz CT molecular complexity index is 479. The highest BCUT2D eigenvalue weighted by Gasteiger charge is 2.15. The molecule has 0 aliphatic rings. The molecule has 3 atom stereocenters. The molecule has 0 bridgehead atoms. The summed E-state index contributed by atoms with van der Waals surface area (Å²) >= 11 is 0. The third kappa shape index (κ3) is 21.5. The first kappa shape index (κ1) is 32.2. The molecule has 0 aliphatic heterocycles. The quantitative estimate of drug-likeness (QED) is 0.121. The van der Waals surface area contributed by atoms with E-state index in [0.717, 1.165) is 37.0 Å². The summed E-state index contributed by atoms with van der Waals surface area (Å²) < 4.78 is 0. The molecule has 0 aromatic carbocycles. The summed E-state index contributed by atoms with van der Waals surface area (Å²) in [5.41, 5.74) is 1.38. The van der Waals surface area contributed by atoms with Gasteiger partial charge < -0.3 is 5.11 Å². The Labute approximate surface area is 208 Å². The van der Waals surface area contributed by atoms with E-state index in [-0.39, 0.29) is 5.92 Å². The molecule has 2 nitrogen and oxygen atoms in total. The Morgan fingerprint density at radius 2 is 1.21 bits per heavy atom. The molecule has 0 aromatic rings. The van der Waals surface area contributed by atoms with Gasteiger partial charge in [-0.25, -0.2) is 0 Å². The zero-order valence-electron chi connectivity index (χ0n) is 23.5. The number of aliphatic carboxylic acids is 1. The number of allylic oxidation sites excluding steroid dienone is 2. The number of hydrogen-bond acceptors (Lipinski definition) is 1. The van der Waals surface area contributed by atoms with Crippen molar-refractivity contribution < 1.29 is 9.90 Å². The Hall–Kier alpha value is -0.790. The van der Waals surface area contributed by atoms with E-state index < -0.39 is 5.97 Å². The fraction of sp³-hybridized carbons (Fsp3) is 0.903. The smallest absolute Gasteiger partial charge is 0.306 e. The fourth-order valence-electron chi connectivity index (χ4n) is 4.84. The maximum Gasteiger partial charge on any atom is 0.306 e.